The van der Waals surface area contributed by atoms with E-state index in [1.54, 1.807) is 0 Å². The fourth-order valence-electron chi connectivity index (χ4n) is 2.54. The maximum atomic E-state index is 5.85. The van der Waals surface area contributed by atoms with Gasteiger partial charge >= 0.3 is 0 Å². The minimum atomic E-state index is 0.507. The van der Waals surface area contributed by atoms with Crippen LogP contribution in [0.15, 0.2) is 24.3 Å². The van der Waals surface area contributed by atoms with Gasteiger partial charge in [0.15, 0.2) is 0 Å². The Bertz CT molecular complexity index is 402. The summed E-state index contributed by atoms with van der Waals surface area (Å²) in [5, 5.41) is 3.58. The van der Waals surface area contributed by atoms with E-state index in [1.807, 2.05) is 0 Å². The number of para-hydroxylation sites is 2. The first-order valence-corrected chi connectivity index (χ1v) is 7.58. The molecule has 1 heterocycles. The molecular formula is C16H27N3O. The molecule has 0 amide bonds. The maximum absolute atomic E-state index is 5.85. The van der Waals surface area contributed by atoms with Gasteiger partial charge < -0.3 is 20.7 Å². The third kappa shape index (κ3) is 3.87. The van der Waals surface area contributed by atoms with Crippen LogP contribution in [0.25, 0.3) is 0 Å². The maximum Gasteiger partial charge on any atom is 0.0642 e. The Morgan fingerprint density at radius 3 is 2.60 bits per heavy atom. The molecule has 1 unspecified atom stereocenters. The molecule has 0 spiro atoms. The third-order valence-electron chi connectivity index (χ3n) is 4.06. The molecule has 0 bridgehead atoms. The smallest absolute Gasteiger partial charge is 0.0642 e. The summed E-state index contributed by atoms with van der Waals surface area (Å²) in [4.78, 5) is 2.39. The molecule has 0 radical (unpaired) electrons. The summed E-state index contributed by atoms with van der Waals surface area (Å²) >= 11 is 0. The molecule has 1 atom stereocenters. The van der Waals surface area contributed by atoms with E-state index < -0.39 is 0 Å². The topological polar surface area (TPSA) is 50.5 Å². The lowest BCUT2D eigenvalue weighted by Gasteiger charge is -2.31. The molecule has 0 aromatic heterocycles. The molecule has 2 rings (SSSR count). The monoisotopic (exact) mass is 277 g/mol. The van der Waals surface area contributed by atoms with Gasteiger partial charge in [-0.3, -0.25) is 0 Å². The van der Waals surface area contributed by atoms with Crippen LogP contribution in [0.2, 0.25) is 0 Å². The van der Waals surface area contributed by atoms with Crippen LogP contribution >= 0.6 is 0 Å². The lowest BCUT2D eigenvalue weighted by Crippen LogP contribution is -2.37. The van der Waals surface area contributed by atoms with E-state index >= 15 is 0 Å². The Morgan fingerprint density at radius 2 is 1.95 bits per heavy atom. The molecule has 1 aromatic rings. The Balaban J connectivity index is 2.03. The largest absolute Gasteiger partial charge is 0.383 e. The van der Waals surface area contributed by atoms with Crippen molar-refractivity contribution in [1.29, 1.82) is 0 Å². The van der Waals surface area contributed by atoms with Gasteiger partial charge in [0.1, 0.15) is 0 Å². The lowest BCUT2D eigenvalue weighted by molar-refractivity contribution is 0.123. The van der Waals surface area contributed by atoms with Crippen molar-refractivity contribution in [2.75, 3.05) is 49.6 Å². The molecular weight excluding hydrogens is 250 g/mol. The summed E-state index contributed by atoms with van der Waals surface area (Å²) in [6, 6.07) is 8.51. The molecule has 112 valence electrons. The highest BCUT2D eigenvalue weighted by atomic mass is 16.5. The van der Waals surface area contributed by atoms with Gasteiger partial charge in [0.05, 0.1) is 24.6 Å². The van der Waals surface area contributed by atoms with Crippen molar-refractivity contribution in [3.05, 3.63) is 24.3 Å². The Kier molecular flexibility index (Phi) is 5.68. The van der Waals surface area contributed by atoms with Crippen LogP contribution in [0.4, 0.5) is 11.4 Å². The zero-order valence-electron chi connectivity index (χ0n) is 12.6. The fourth-order valence-corrected chi connectivity index (χ4v) is 2.54. The second-order valence-electron chi connectivity index (χ2n) is 5.74. The van der Waals surface area contributed by atoms with Crippen molar-refractivity contribution in [3.8, 4) is 0 Å². The van der Waals surface area contributed by atoms with Crippen molar-refractivity contribution in [2.45, 2.75) is 13.8 Å². The second-order valence-corrected chi connectivity index (χ2v) is 5.74. The summed E-state index contributed by atoms with van der Waals surface area (Å²) in [6.45, 7) is 9.66. The van der Waals surface area contributed by atoms with Crippen LogP contribution in [0.5, 0.6) is 0 Å². The Hall–Kier alpha value is -1.26. The van der Waals surface area contributed by atoms with E-state index in [1.165, 1.54) is 11.4 Å². The highest BCUT2D eigenvalue weighted by molar-refractivity contribution is 5.70. The van der Waals surface area contributed by atoms with Crippen LogP contribution in [0.3, 0.4) is 0 Å². The normalized spacial score (nSPS) is 17.3. The van der Waals surface area contributed by atoms with Gasteiger partial charge in [0, 0.05) is 19.6 Å². The predicted octanol–water partition coefficient (Wildman–Crippen LogP) is 2.17. The summed E-state index contributed by atoms with van der Waals surface area (Å²) in [6.07, 6.45) is 0. The molecule has 20 heavy (non-hydrogen) atoms. The van der Waals surface area contributed by atoms with E-state index in [9.17, 15) is 0 Å². The third-order valence-corrected chi connectivity index (χ3v) is 4.06. The quantitative estimate of drug-likeness (QED) is 0.836. The van der Waals surface area contributed by atoms with Crippen LogP contribution in [0.1, 0.15) is 13.8 Å². The highest BCUT2D eigenvalue weighted by Gasteiger charge is 2.16. The minimum Gasteiger partial charge on any atom is -0.383 e. The molecule has 4 nitrogen and oxygen atoms in total. The first kappa shape index (κ1) is 15.1. The lowest BCUT2D eigenvalue weighted by atomic mass is 9.96. The first-order valence-electron chi connectivity index (χ1n) is 7.58. The molecule has 0 aliphatic carbocycles. The first-order chi connectivity index (χ1) is 9.72. The molecule has 3 N–H and O–H groups in total. The van der Waals surface area contributed by atoms with Gasteiger partial charge in [-0.05, 0) is 30.5 Å². The summed E-state index contributed by atoms with van der Waals surface area (Å²) in [5.41, 5.74) is 8.33. The molecule has 0 saturated carbocycles. The van der Waals surface area contributed by atoms with E-state index in [0.717, 1.165) is 39.4 Å². The van der Waals surface area contributed by atoms with E-state index in [4.69, 9.17) is 10.5 Å². The van der Waals surface area contributed by atoms with E-state index in [-0.39, 0.29) is 0 Å². The zero-order chi connectivity index (χ0) is 14.4. The summed E-state index contributed by atoms with van der Waals surface area (Å²) in [5.74, 6) is 1.11. The highest BCUT2D eigenvalue weighted by Crippen LogP contribution is 2.26. The van der Waals surface area contributed by atoms with Crippen molar-refractivity contribution >= 4 is 11.4 Å². The zero-order valence-corrected chi connectivity index (χ0v) is 12.6. The van der Waals surface area contributed by atoms with Crippen LogP contribution in [0, 0.1) is 11.8 Å². The standard InChI is InChI=1S/C16H27N3O/c1-13(2)14(11-17)12-18-15-5-3-4-6-16(15)19-7-9-20-10-8-19/h3-6,13-14,18H,7-12,17H2,1-2H3. The number of hydrogen-bond acceptors (Lipinski definition) is 4. The van der Waals surface area contributed by atoms with Crippen LogP contribution < -0.4 is 16.0 Å². The Morgan fingerprint density at radius 1 is 1.25 bits per heavy atom. The number of nitrogens with two attached hydrogens (primary N) is 1. The van der Waals surface area contributed by atoms with E-state index in [0.29, 0.717) is 11.8 Å². The predicted molar refractivity (Wildman–Crippen MR) is 85.3 cm³/mol. The number of benzene rings is 1. The molecule has 1 aromatic carbocycles. The Labute approximate surface area is 122 Å². The second kappa shape index (κ2) is 7.50. The molecule has 4 heteroatoms. The minimum absolute atomic E-state index is 0.507. The fraction of sp³-hybridized carbons (Fsp3) is 0.625. The number of morpholine rings is 1. The average Bonchev–Trinajstić information content (AvgIpc) is 2.49. The summed E-state index contributed by atoms with van der Waals surface area (Å²) in [7, 11) is 0. The molecule has 1 aliphatic heterocycles. The van der Waals surface area contributed by atoms with Crippen molar-refractivity contribution in [2.24, 2.45) is 17.6 Å². The number of rotatable bonds is 6. The molecule has 1 fully saturated rings. The van der Waals surface area contributed by atoms with Gasteiger partial charge in [-0.25, -0.2) is 0 Å². The van der Waals surface area contributed by atoms with Gasteiger partial charge in [-0.1, -0.05) is 26.0 Å². The summed E-state index contributed by atoms with van der Waals surface area (Å²) < 4.78 is 5.43. The van der Waals surface area contributed by atoms with Crippen LogP contribution in [-0.2, 0) is 4.74 Å². The molecule has 1 saturated heterocycles. The number of nitrogens with one attached hydrogen (secondary N) is 1. The molecule has 1 aliphatic rings. The average molecular weight is 277 g/mol. The van der Waals surface area contributed by atoms with Crippen molar-refractivity contribution in [3.63, 3.8) is 0 Å². The van der Waals surface area contributed by atoms with Crippen LogP contribution in [-0.4, -0.2) is 39.4 Å². The van der Waals surface area contributed by atoms with Gasteiger partial charge in [0.2, 0.25) is 0 Å². The number of anilines is 2. The van der Waals surface area contributed by atoms with Crippen molar-refractivity contribution in [1.82, 2.24) is 0 Å². The van der Waals surface area contributed by atoms with Crippen molar-refractivity contribution < 1.29 is 4.74 Å². The van der Waals surface area contributed by atoms with Gasteiger partial charge in [-0.15, -0.1) is 0 Å². The number of ether oxygens (including phenoxy) is 1. The van der Waals surface area contributed by atoms with E-state index in [2.05, 4.69) is 48.3 Å². The SMILES string of the molecule is CC(C)C(CN)CNc1ccccc1N1CCOCC1. The van der Waals surface area contributed by atoms with Gasteiger partial charge in [-0.2, -0.15) is 0 Å². The van der Waals surface area contributed by atoms with Gasteiger partial charge in [0.25, 0.3) is 0 Å². The number of nitrogens with zero attached hydrogens (tertiary/aromatic N) is 1. The number of hydrogen-bond donors (Lipinski definition) is 2.